The number of piperazine rings is 1. The average molecular weight is 337 g/mol. The van der Waals surface area contributed by atoms with Crippen LogP contribution < -0.4 is 0 Å². The maximum atomic E-state index is 14.0. The molecule has 128 valence electrons. The van der Waals surface area contributed by atoms with E-state index in [-0.39, 0.29) is 12.5 Å². The van der Waals surface area contributed by atoms with Crippen molar-refractivity contribution < 1.29 is 9.18 Å². The highest BCUT2D eigenvalue weighted by Crippen LogP contribution is 2.16. The summed E-state index contributed by atoms with van der Waals surface area (Å²) in [6.45, 7) is 4.64. The van der Waals surface area contributed by atoms with Gasteiger partial charge in [0.2, 0.25) is 5.91 Å². The average Bonchev–Trinajstić information content (AvgIpc) is 2.59. The minimum absolute atomic E-state index is 0.0572. The highest BCUT2D eigenvalue weighted by atomic mass is 19.1. The highest BCUT2D eigenvalue weighted by Gasteiger charge is 2.24. The lowest BCUT2D eigenvalue weighted by molar-refractivity contribution is -0.136. The van der Waals surface area contributed by atoms with E-state index in [1.807, 2.05) is 41.0 Å². The maximum Gasteiger partial charge on any atom is 0.237 e. The Morgan fingerprint density at radius 3 is 2.68 bits per heavy atom. The van der Waals surface area contributed by atoms with Gasteiger partial charge in [-0.05, 0) is 24.6 Å². The second kappa shape index (κ2) is 7.45. The molecule has 0 saturated carbocycles. The molecule has 1 aliphatic heterocycles. The molecule has 4 nitrogen and oxygen atoms in total. The zero-order valence-corrected chi connectivity index (χ0v) is 14.2. The first kappa shape index (κ1) is 17.1. The molecule has 2 aromatic rings. The van der Waals surface area contributed by atoms with Gasteiger partial charge in [-0.3, -0.25) is 9.69 Å². The molecule has 3 rings (SSSR count). The molecule has 1 fully saturated rings. The molecule has 1 saturated heterocycles. The van der Waals surface area contributed by atoms with Crippen LogP contribution >= 0.6 is 0 Å². The number of aryl methyl sites for hydroxylation is 1. The van der Waals surface area contributed by atoms with Gasteiger partial charge in [0.05, 0.1) is 18.2 Å². The largest absolute Gasteiger partial charge is 0.336 e. The van der Waals surface area contributed by atoms with Gasteiger partial charge in [-0.25, -0.2) is 4.39 Å². The molecule has 0 N–H and O–H groups in total. The van der Waals surface area contributed by atoms with Crippen LogP contribution in [0.4, 0.5) is 4.39 Å². The summed E-state index contributed by atoms with van der Waals surface area (Å²) in [5, 5.41) is 8.80. The van der Waals surface area contributed by atoms with Crippen molar-refractivity contribution in [3.05, 3.63) is 70.5 Å². The number of hydrogen-bond donors (Lipinski definition) is 0. The third-order valence-electron chi connectivity index (χ3n) is 4.43. The second-order valence-electron chi connectivity index (χ2n) is 6.43. The van der Waals surface area contributed by atoms with Crippen LogP contribution in [0.1, 0.15) is 22.3 Å². The Morgan fingerprint density at radius 1 is 1.16 bits per heavy atom. The van der Waals surface area contributed by atoms with Crippen LogP contribution in [0.15, 0.2) is 42.5 Å². The van der Waals surface area contributed by atoms with Gasteiger partial charge in [-0.2, -0.15) is 5.26 Å². The van der Waals surface area contributed by atoms with Gasteiger partial charge in [0.15, 0.2) is 0 Å². The summed E-state index contributed by atoms with van der Waals surface area (Å²) in [6, 6.07) is 14.5. The first-order valence-electron chi connectivity index (χ1n) is 8.29. The molecule has 0 aromatic heterocycles. The van der Waals surface area contributed by atoms with Crippen LogP contribution in [-0.2, 0) is 17.9 Å². The molecule has 0 bridgehead atoms. The molecule has 1 amide bonds. The summed E-state index contributed by atoms with van der Waals surface area (Å²) in [5.41, 5.74) is 3.12. The number of nitrogens with zero attached hydrogens (tertiary/aromatic N) is 3. The van der Waals surface area contributed by atoms with E-state index in [4.69, 9.17) is 5.26 Å². The van der Waals surface area contributed by atoms with Gasteiger partial charge in [0.1, 0.15) is 5.82 Å². The molecule has 0 aliphatic carbocycles. The molecule has 0 unspecified atom stereocenters. The third kappa shape index (κ3) is 4.23. The number of nitriles is 1. The summed E-state index contributed by atoms with van der Waals surface area (Å²) in [4.78, 5) is 16.2. The van der Waals surface area contributed by atoms with Crippen molar-refractivity contribution in [3.8, 4) is 6.07 Å². The topological polar surface area (TPSA) is 47.3 Å². The van der Waals surface area contributed by atoms with Crippen LogP contribution in [0.5, 0.6) is 0 Å². The maximum absolute atomic E-state index is 14.0. The monoisotopic (exact) mass is 337 g/mol. The van der Waals surface area contributed by atoms with E-state index in [0.717, 1.165) is 5.56 Å². The normalized spacial score (nSPS) is 15.2. The Bertz CT molecular complexity index is 828. The first-order valence-corrected chi connectivity index (χ1v) is 8.29. The number of hydrogen-bond acceptors (Lipinski definition) is 3. The van der Waals surface area contributed by atoms with Crippen LogP contribution in [0.25, 0.3) is 0 Å². The fourth-order valence-electron chi connectivity index (χ4n) is 3.08. The fraction of sp³-hybridized carbons (Fsp3) is 0.300. The van der Waals surface area contributed by atoms with Gasteiger partial charge in [-0.1, -0.05) is 35.9 Å². The van der Waals surface area contributed by atoms with Crippen molar-refractivity contribution in [1.29, 1.82) is 5.26 Å². The zero-order valence-electron chi connectivity index (χ0n) is 14.2. The lowest BCUT2D eigenvalue weighted by Crippen LogP contribution is -2.49. The lowest BCUT2D eigenvalue weighted by atomic mass is 10.1. The smallest absolute Gasteiger partial charge is 0.237 e. The zero-order chi connectivity index (χ0) is 17.8. The van der Waals surface area contributed by atoms with Crippen molar-refractivity contribution >= 4 is 5.91 Å². The van der Waals surface area contributed by atoms with Crippen molar-refractivity contribution in [2.45, 2.75) is 20.0 Å². The van der Waals surface area contributed by atoms with Gasteiger partial charge >= 0.3 is 0 Å². The van der Waals surface area contributed by atoms with Crippen LogP contribution in [0.3, 0.4) is 0 Å². The fourth-order valence-corrected chi connectivity index (χ4v) is 3.08. The molecule has 0 radical (unpaired) electrons. The Morgan fingerprint density at radius 2 is 2.00 bits per heavy atom. The number of rotatable bonds is 4. The SMILES string of the molecule is Cc1cccc(CN2CCN(Cc3ccc(C#N)cc3F)CC2=O)c1. The van der Waals surface area contributed by atoms with E-state index in [9.17, 15) is 9.18 Å². The Hall–Kier alpha value is -2.71. The van der Waals surface area contributed by atoms with Crippen molar-refractivity contribution in [2.24, 2.45) is 0 Å². The molecule has 0 atom stereocenters. The number of halogens is 1. The molecule has 5 heteroatoms. The van der Waals surface area contributed by atoms with Crippen LogP contribution in [0, 0.1) is 24.1 Å². The van der Waals surface area contributed by atoms with Crippen molar-refractivity contribution in [1.82, 2.24) is 9.80 Å². The lowest BCUT2D eigenvalue weighted by Gasteiger charge is -2.34. The molecule has 1 heterocycles. The van der Waals surface area contributed by atoms with E-state index >= 15 is 0 Å². The van der Waals surface area contributed by atoms with Crippen LogP contribution in [-0.4, -0.2) is 35.3 Å². The second-order valence-corrected chi connectivity index (χ2v) is 6.43. The third-order valence-corrected chi connectivity index (χ3v) is 4.43. The summed E-state index contributed by atoms with van der Waals surface area (Å²) in [7, 11) is 0. The minimum Gasteiger partial charge on any atom is -0.336 e. The van der Waals surface area contributed by atoms with Gasteiger partial charge in [-0.15, -0.1) is 0 Å². The number of amides is 1. The summed E-state index contributed by atoms with van der Waals surface area (Å²) in [6.07, 6.45) is 0. The molecule has 1 aliphatic rings. The van der Waals surface area contributed by atoms with Gasteiger partial charge < -0.3 is 4.90 Å². The molecule has 2 aromatic carbocycles. The Labute approximate surface area is 147 Å². The van der Waals surface area contributed by atoms with Crippen molar-refractivity contribution in [2.75, 3.05) is 19.6 Å². The van der Waals surface area contributed by atoms with E-state index in [0.29, 0.717) is 37.3 Å². The van der Waals surface area contributed by atoms with E-state index in [1.54, 1.807) is 12.1 Å². The number of carbonyl (C=O) groups excluding carboxylic acids is 1. The summed E-state index contributed by atoms with van der Waals surface area (Å²) >= 11 is 0. The molecule has 0 spiro atoms. The van der Waals surface area contributed by atoms with Crippen molar-refractivity contribution in [3.63, 3.8) is 0 Å². The Balaban J connectivity index is 1.60. The summed E-state index contributed by atoms with van der Waals surface area (Å²) < 4.78 is 14.0. The van der Waals surface area contributed by atoms with E-state index in [1.165, 1.54) is 11.6 Å². The van der Waals surface area contributed by atoms with Gasteiger partial charge in [0.25, 0.3) is 0 Å². The minimum atomic E-state index is -0.395. The first-order chi connectivity index (χ1) is 12.0. The van der Waals surface area contributed by atoms with E-state index < -0.39 is 5.82 Å². The predicted molar refractivity (Wildman–Crippen MR) is 93.0 cm³/mol. The standard InChI is InChI=1S/C20H20FN3O/c1-15-3-2-4-17(9-15)12-24-8-7-23(14-20(24)25)13-18-6-5-16(11-22)10-19(18)21/h2-6,9-10H,7-8,12-14H2,1H3. The Kier molecular flexibility index (Phi) is 5.11. The number of benzene rings is 2. The highest BCUT2D eigenvalue weighted by molar-refractivity contribution is 5.79. The molecular weight excluding hydrogens is 317 g/mol. The summed E-state index contributed by atoms with van der Waals surface area (Å²) in [5.74, 6) is -0.338. The quantitative estimate of drug-likeness (QED) is 0.862. The van der Waals surface area contributed by atoms with Crippen LogP contribution in [0.2, 0.25) is 0 Å². The molecule has 25 heavy (non-hydrogen) atoms. The predicted octanol–water partition coefficient (Wildman–Crippen LogP) is 2.85. The van der Waals surface area contributed by atoms with Gasteiger partial charge in [0, 0.05) is 31.7 Å². The number of carbonyl (C=O) groups is 1. The molecular formula is C20H20FN3O. The van der Waals surface area contributed by atoms with E-state index in [2.05, 4.69) is 6.07 Å².